The molecule has 0 aliphatic heterocycles. The lowest BCUT2D eigenvalue weighted by Gasteiger charge is -2.16. The summed E-state index contributed by atoms with van der Waals surface area (Å²) >= 11 is 9.72. The average molecular weight is 535 g/mol. The first-order chi connectivity index (χ1) is 16.0. The molecule has 0 radical (unpaired) electrons. The van der Waals surface area contributed by atoms with Crippen molar-refractivity contribution in [2.75, 3.05) is 25.0 Å². The monoisotopic (exact) mass is 533 g/mol. The van der Waals surface area contributed by atoms with Crippen LogP contribution < -0.4 is 20.1 Å². The van der Waals surface area contributed by atoms with Crippen molar-refractivity contribution >= 4 is 38.9 Å². The van der Waals surface area contributed by atoms with Crippen LogP contribution in [0.15, 0.2) is 65.1 Å². The molecule has 0 aliphatic rings. The number of nitro groups is 1. The molecule has 7 nitrogen and oxygen atoms in total. The number of hydrogen-bond acceptors (Lipinski definition) is 6. The van der Waals surface area contributed by atoms with E-state index < -0.39 is 4.92 Å². The van der Waals surface area contributed by atoms with E-state index in [9.17, 15) is 10.1 Å². The van der Waals surface area contributed by atoms with E-state index in [1.54, 1.807) is 6.07 Å². The molecule has 0 aliphatic carbocycles. The summed E-state index contributed by atoms with van der Waals surface area (Å²) in [5, 5.41) is 17.7. The van der Waals surface area contributed by atoms with E-state index in [2.05, 4.69) is 26.6 Å². The van der Waals surface area contributed by atoms with Gasteiger partial charge in [-0.2, -0.15) is 0 Å². The Kier molecular flexibility index (Phi) is 9.35. The molecule has 0 unspecified atom stereocenters. The number of halogens is 2. The molecule has 33 heavy (non-hydrogen) atoms. The molecule has 0 saturated carbocycles. The highest BCUT2D eigenvalue weighted by Gasteiger charge is 2.13. The molecule has 0 spiro atoms. The van der Waals surface area contributed by atoms with Crippen molar-refractivity contribution in [2.45, 2.75) is 20.1 Å². The summed E-state index contributed by atoms with van der Waals surface area (Å²) in [4.78, 5) is 10.3. The highest BCUT2D eigenvalue weighted by Crippen LogP contribution is 2.37. The van der Waals surface area contributed by atoms with E-state index >= 15 is 0 Å². The van der Waals surface area contributed by atoms with E-state index in [0.717, 1.165) is 15.6 Å². The van der Waals surface area contributed by atoms with Crippen molar-refractivity contribution < 1.29 is 14.4 Å². The summed E-state index contributed by atoms with van der Waals surface area (Å²) in [7, 11) is 0. The summed E-state index contributed by atoms with van der Waals surface area (Å²) < 4.78 is 12.7. The smallest absolute Gasteiger partial charge is 0.271 e. The van der Waals surface area contributed by atoms with Crippen LogP contribution in [0, 0.1) is 10.1 Å². The van der Waals surface area contributed by atoms with E-state index in [-0.39, 0.29) is 5.69 Å². The van der Waals surface area contributed by atoms with Crippen LogP contribution in [0.3, 0.4) is 0 Å². The zero-order valence-corrected chi connectivity index (χ0v) is 20.5. The zero-order valence-electron chi connectivity index (χ0n) is 18.1. The Bertz CT molecular complexity index is 1080. The van der Waals surface area contributed by atoms with Crippen LogP contribution in [-0.2, 0) is 13.2 Å². The Morgan fingerprint density at radius 1 is 1.03 bits per heavy atom. The number of ether oxygens (including phenoxy) is 2. The molecule has 174 valence electrons. The van der Waals surface area contributed by atoms with Crippen LogP contribution in [-0.4, -0.2) is 24.6 Å². The van der Waals surface area contributed by atoms with Crippen LogP contribution in [0.1, 0.15) is 18.1 Å². The number of rotatable bonds is 12. The quantitative estimate of drug-likeness (QED) is 0.164. The Hall–Kier alpha value is -2.81. The van der Waals surface area contributed by atoms with Crippen molar-refractivity contribution in [2.24, 2.45) is 0 Å². The minimum absolute atomic E-state index is 0.0319. The Morgan fingerprint density at radius 3 is 2.52 bits per heavy atom. The molecule has 2 N–H and O–H groups in total. The molecule has 0 fully saturated rings. The number of nitrogens with zero attached hydrogens (tertiary/aromatic N) is 1. The molecule has 3 rings (SSSR count). The predicted octanol–water partition coefficient (Wildman–Crippen LogP) is 6.19. The fourth-order valence-corrected chi connectivity index (χ4v) is 3.98. The van der Waals surface area contributed by atoms with Crippen molar-refractivity contribution in [3.8, 4) is 11.5 Å². The van der Waals surface area contributed by atoms with Gasteiger partial charge in [-0.25, -0.2) is 0 Å². The van der Waals surface area contributed by atoms with Crippen LogP contribution in [0.2, 0.25) is 5.02 Å². The molecular formula is C24H25BrClN3O4. The second-order valence-corrected chi connectivity index (χ2v) is 8.40. The van der Waals surface area contributed by atoms with Gasteiger partial charge in [-0.05, 0) is 52.2 Å². The third-order valence-corrected chi connectivity index (χ3v) is 5.61. The van der Waals surface area contributed by atoms with Gasteiger partial charge in [0.2, 0.25) is 0 Å². The van der Waals surface area contributed by atoms with Gasteiger partial charge in [0, 0.05) is 31.8 Å². The van der Waals surface area contributed by atoms with Crippen LogP contribution in [0.25, 0.3) is 0 Å². The van der Waals surface area contributed by atoms with Crippen molar-refractivity contribution in [3.05, 3.63) is 91.4 Å². The molecular weight excluding hydrogens is 510 g/mol. The van der Waals surface area contributed by atoms with Gasteiger partial charge in [-0.3, -0.25) is 10.1 Å². The molecule has 3 aromatic carbocycles. The minimum atomic E-state index is -0.468. The first kappa shape index (κ1) is 24.8. The SMILES string of the molecule is CCOc1cc(CNCCNc2ccc([N+](=O)[O-])cc2Cl)cc(Br)c1OCc1ccccc1. The number of benzene rings is 3. The average Bonchev–Trinajstić information content (AvgIpc) is 2.80. The lowest BCUT2D eigenvalue weighted by molar-refractivity contribution is -0.384. The molecule has 0 amide bonds. The normalized spacial score (nSPS) is 10.6. The summed E-state index contributed by atoms with van der Waals surface area (Å²) in [5.41, 5.74) is 2.75. The standard InChI is InChI=1S/C24H25BrClN3O4/c1-2-32-23-13-18(12-20(25)24(23)33-16-17-6-4-3-5-7-17)15-27-10-11-28-22-9-8-19(29(30)31)14-21(22)26/h3-9,12-14,27-28H,2,10-11,15-16H2,1H3. The van der Waals surface area contributed by atoms with Gasteiger partial charge in [0.1, 0.15) is 6.61 Å². The van der Waals surface area contributed by atoms with E-state index in [0.29, 0.717) is 55.1 Å². The molecule has 0 saturated heterocycles. The number of hydrogen-bond donors (Lipinski definition) is 2. The zero-order chi connectivity index (χ0) is 23.6. The van der Waals surface area contributed by atoms with Gasteiger partial charge in [0.25, 0.3) is 5.69 Å². The third kappa shape index (κ3) is 7.35. The number of nitrogens with one attached hydrogen (secondary N) is 2. The highest BCUT2D eigenvalue weighted by molar-refractivity contribution is 9.10. The summed E-state index contributed by atoms with van der Waals surface area (Å²) in [5.74, 6) is 1.37. The lowest BCUT2D eigenvalue weighted by atomic mass is 10.2. The van der Waals surface area contributed by atoms with E-state index in [4.69, 9.17) is 21.1 Å². The maximum atomic E-state index is 10.8. The third-order valence-electron chi connectivity index (χ3n) is 4.70. The fraction of sp³-hybridized carbons (Fsp3) is 0.250. The van der Waals surface area contributed by atoms with Crippen molar-refractivity contribution in [3.63, 3.8) is 0 Å². The second-order valence-electron chi connectivity index (χ2n) is 7.14. The Morgan fingerprint density at radius 2 is 1.82 bits per heavy atom. The largest absolute Gasteiger partial charge is 0.490 e. The highest BCUT2D eigenvalue weighted by atomic mass is 79.9. The number of anilines is 1. The van der Waals surface area contributed by atoms with Gasteiger partial charge in [0.15, 0.2) is 11.5 Å². The predicted molar refractivity (Wildman–Crippen MR) is 134 cm³/mol. The molecule has 9 heteroatoms. The van der Waals surface area contributed by atoms with Crippen LogP contribution >= 0.6 is 27.5 Å². The maximum absolute atomic E-state index is 10.8. The molecule has 0 atom stereocenters. The maximum Gasteiger partial charge on any atom is 0.271 e. The first-order valence-corrected chi connectivity index (χ1v) is 11.7. The first-order valence-electron chi connectivity index (χ1n) is 10.5. The summed E-state index contributed by atoms with van der Waals surface area (Å²) in [6.45, 7) is 4.83. The van der Waals surface area contributed by atoms with Crippen LogP contribution in [0.4, 0.5) is 11.4 Å². The van der Waals surface area contributed by atoms with Gasteiger partial charge in [0.05, 0.1) is 26.7 Å². The van der Waals surface area contributed by atoms with Crippen molar-refractivity contribution in [1.82, 2.24) is 5.32 Å². The van der Waals surface area contributed by atoms with E-state index in [1.165, 1.54) is 12.1 Å². The van der Waals surface area contributed by atoms with Gasteiger partial charge < -0.3 is 20.1 Å². The molecule has 0 heterocycles. The summed E-state index contributed by atoms with van der Waals surface area (Å²) in [6.07, 6.45) is 0. The lowest BCUT2D eigenvalue weighted by Crippen LogP contribution is -2.22. The van der Waals surface area contributed by atoms with Gasteiger partial charge in [-0.15, -0.1) is 0 Å². The second kappa shape index (κ2) is 12.4. The number of nitro benzene ring substituents is 1. The van der Waals surface area contributed by atoms with Crippen LogP contribution in [0.5, 0.6) is 11.5 Å². The topological polar surface area (TPSA) is 85.7 Å². The van der Waals surface area contributed by atoms with Gasteiger partial charge >= 0.3 is 0 Å². The number of non-ortho nitro benzene ring substituents is 1. The summed E-state index contributed by atoms with van der Waals surface area (Å²) in [6, 6.07) is 18.3. The van der Waals surface area contributed by atoms with Gasteiger partial charge in [-0.1, -0.05) is 41.9 Å². The Labute approximate surface area is 206 Å². The van der Waals surface area contributed by atoms with Crippen molar-refractivity contribution in [1.29, 1.82) is 0 Å². The fourth-order valence-electron chi connectivity index (χ4n) is 3.14. The van der Waals surface area contributed by atoms with E-state index in [1.807, 2.05) is 49.4 Å². The molecule has 0 aromatic heterocycles. The molecule has 3 aromatic rings. The molecule has 0 bridgehead atoms. The minimum Gasteiger partial charge on any atom is -0.490 e. The Balaban J connectivity index is 1.53.